The molecule has 4 rings (SSSR count). The lowest BCUT2D eigenvalue weighted by Gasteiger charge is -2.05. The minimum absolute atomic E-state index is 0.305. The van der Waals surface area contributed by atoms with Crippen molar-refractivity contribution in [2.75, 3.05) is 5.32 Å². The van der Waals surface area contributed by atoms with Crippen LogP contribution in [0.4, 0.5) is 10.1 Å². The zero-order valence-electron chi connectivity index (χ0n) is 17.7. The predicted molar refractivity (Wildman–Crippen MR) is 121 cm³/mol. The molecule has 0 atom stereocenters. The Morgan fingerprint density at radius 3 is 2.25 bits per heavy atom. The minimum Gasteiger partial charge on any atom is -0.323 e. The van der Waals surface area contributed by atoms with Gasteiger partial charge in [0.15, 0.2) is 11.2 Å². The maximum atomic E-state index is 12.9. The van der Waals surface area contributed by atoms with Crippen molar-refractivity contribution in [3.8, 4) is 11.4 Å². The molecule has 8 nitrogen and oxygen atoms in total. The lowest BCUT2D eigenvalue weighted by atomic mass is 10.2. The molecule has 0 bridgehead atoms. The first-order chi connectivity index (χ1) is 15.3. The number of rotatable bonds is 4. The number of carbonyl (C=O) groups excluding carboxylic acids is 1. The number of hydrogen-bond donors (Lipinski definition) is 1. The van der Waals surface area contributed by atoms with Crippen molar-refractivity contribution in [1.29, 1.82) is 0 Å². The first-order valence-electron chi connectivity index (χ1n) is 9.74. The zero-order chi connectivity index (χ0) is 23.0. The van der Waals surface area contributed by atoms with Crippen molar-refractivity contribution < 1.29 is 9.18 Å². The van der Waals surface area contributed by atoms with Crippen LogP contribution in [-0.4, -0.2) is 24.6 Å². The lowest BCUT2D eigenvalue weighted by Crippen LogP contribution is -2.37. The first-order valence-corrected chi connectivity index (χ1v) is 9.74. The number of aromatic nitrogens is 4. The monoisotopic (exact) mass is 433 g/mol. The smallest absolute Gasteiger partial charge is 0.323 e. The van der Waals surface area contributed by atoms with Crippen LogP contribution >= 0.6 is 0 Å². The van der Waals surface area contributed by atoms with Crippen LogP contribution in [0.1, 0.15) is 5.56 Å². The van der Waals surface area contributed by atoms with E-state index in [2.05, 4.69) is 10.3 Å². The van der Waals surface area contributed by atoms with E-state index in [1.165, 1.54) is 29.8 Å². The number of carbonyl (C=O) groups is 1. The number of halogens is 1. The standard InChI is InChI=1S/C23H20FN5O3/c1-27-19-21(28(2)23(32)29(3)22(19)31)26-20(27)15-7-11-17(12-8-15)25-18(30)13-6-14-4-9-16(24)10-5-14/h4-13H,1-3H3,(H,25,30)/b13-6+. The number of aryl methyl sites for hydroxylation is 2. The van der Waals surface area contributed by atoms with Gasteiger partial charge in [0.1, 0.15) is 11.6 Å². The second-order valence-corrected chi connectivity index (χ2v) is 7.32. The number of nitrogens with one attached hydrogen (secondary N) is 1. The Morgan fingerprint density at radius 2 is 1.59 bits per heavy atom. The number of nitrogens with zero attached hydrogens (tertiary/aromatic N) is 4. The van der Waals surface area contributed by atoms with E-state index in [1.807, 2.05) is 0 Å². The van der Waals surface area contributed by atoms with Gasteiger partial charge in [0.05, 0.1) is 0 Å². The van der Waals surface area contributed by atoms with E-state index in [0.29, 0.717) is 28.2 Å². The van der Waals surface area contributed by atoms with E-state index in [-0.39, 0.29) is 11.7 Å². The molecule has 0 unspecified atom stereocenters. The van der Waals surface area contributed by atoms with Gasteiger partial charge in [0.25, 0.3) is 5.56 Å². The van der Waals surface area contributed by atoms with Gasteiger partial charge in [-0.25, -0.2) is 14.2 Å². The molecule has 0 aliphatic heterocycles. The highest BCUT2D eigenvalue weighted by Gasteiger charge is 2.17. The van der Waals surface area contributed by atoms with E-state index in [9.17, 15) is 18.8 Å². The molecule has 32 heavy (non-hydrogen) atoms. The molecule has 0 saturated carbocycles. The van der Waals surface area contributed by atoms with Crippen LogP contribution in [0.3, 0.4) is 0 Å². The van der Waals surface area contributed by atoms with E-state index in [1.54, 1.807) is 61.1 Å². The number of anilines is 1. The van der Waals surface area contributed by atoms with Crippen molar-refractivity contribution in [2.45, 2.75) is 0 Å². The predicted octanol–water partition coefficient (Wildman–Crippen LogP) is 2.43. The fourth-order valence-corrected chi connectivity index (χ4v) is 3.41. The molecule has 1 amide bonds. The molecule has 2 aromatic heterocycles. The maximum absolute atomic E-state index is 12.9. The summed E-state index contributed by atoms with van der Waals surface area (Å²) in [5.74, 6) is -0.148. The fraction of sp³-hybridized carbons (Fsp3) is 0.130. The second kappa shape index (κ2) is 8.10. The summed E-state index contributed by atoms with van der Waals surface area (Å²) in [5, 5.41) is 2.75. The topological polar surface area (TPSA) is 90.9 Å². The van der Waals surface area contributed by atoms with Crippen LogP contribution < -0.4 is 16.6 Å². The quantitative estimate of drug-likeness (QED) is 0.501. The van der Waals surface area contributed by atoms with E-state index in [4.69, 9.17) is 0 Å². The Hall–Kier alpha value is -4.27. The second-order valence-electron chi connectivity index (χ2n) is 7.32. The van der Waals surface area contributed by atoms with Gasteiger partial charge in [-0.3, -0.25) is 18.7 Å². The summed E-state index contributed by atoms with van der Waals surface area (Å²) in [6.07, 6.45) is 2.95. The summed E-state index contributed by atoms with van der Waals surface area (Å²) in [7, 11) is 4.71. The highest BCUT2D eigenvalue weighted by molar-refractivity contribution is 6.02. The Kier molecular flexibility index (Phi) is 5.31. The Labute approximate surface area is 181 Å². The van der Waals surface area contributed by atoms with Gasteiger partial charge >= 0.3 is 5.69 Å². The van der Waals surface area contributed by atoms with Gasteiger partial charge in [-0.2, -0.15) is 0 Å². The number of fused-ring (bicyclic) bond motifs is 1. The molecule has 9 heteroatoms. The third-order valence-electron chi connectivity index (χ3n) is 5.18. The van der Waals surface area contributed by atoms with E-state index >= 15 is 0 Å². The SMILES string of the molecule is Cn1c(=O)c2c(nc(-c3ccc(NC(=O)/C=C/c4ccc(F)cc4)cc3)n2C)n(C)c1=O. The Bertz CT molecular complexity index is 1480. The fourth-order valence-electron chi connectivity index (χ4n) is 3.41. The van der Waals surface area contributed by atoms with Crippen molar-refractivity contribution in [1.82, 2.24) is 18.7 Å². The van der Waals surface area contributed by atoms with Crippen LogP contribution in [0, 0.1) is 5.82 Å². The third kappa shape index (κ3) is 3.76. The van der Waals surface area contributed by atoms with Crippen molar-refractivity contribution >= 4 is 28.8 Å². The average molecular weight is 433 g/mol. The average Bonchev–Trinajstić information content (AvgIpc) is 3.13. The Balaban J connectivity index is 1.58. The largest absolute Gasteiger partial charge is 0.332 e. The van der Waals surface area contributed by atoms with Gasteiger partial charge in [0.2, 0.25) is 5.91 Å². The maximum Gasteiger partial charge on any atom is 0.332 e. The molecule has 2 aromatic carbocycles. The van der Waals surface area contributed by atoms with Gasteiger partial charge < -0.3 is 9.88 Å². The van der Waals surface area contributed by atoms with Gasteiger partial charge in [-0.15, -0.1) is 0 Å². The van der Waals surface area contributed by atoms with Gasteiger partial charge in [-0.1, -0.05) is 12.1 Å². The normalized spacial score (nSPS) is 11.4. The van der Waals surface area contributed by atoms with E-state index < -0.39 is 11.2 Å². The number of imidazole rings is 1. The summed E-state index contributed by atoms with van der Waals surface area (Å²) in [5.41, 5.74) is 1.77. The van der Waals surface area contributed by atoms with Crippen LogP contribution in [0.2, 0.25) is 0 Å². The molecule has 2 heterocycles. The highest BCUT2D eigenvalue weighted by atomic mass is 19.1. The van der Waals surface area contributed by atoms with Crippen LogP contribution in [0.25, 0.3) is 28.6 Å². The zero-order valence-corrected chi connectivity index (χ0v) is 17.7. The van der Waals surface area contributed by atoms with Crippen LogP contribution in [0.15, 0.2) is 64.2 Å². The molecule has 4 aromatic rings. The molecule has 1 N–H and O–H groups in total. The Morgan fingerprint density at radius 1 is 0.938 bits per heavy atom. The summed E-state index contributed by atoms with van der Waals surface area (Å²) in [6.45, 7) is 0. The van der Waals surface area contributed by atoms with Crippen LogP contribution in [-0.2, 0) is 25.9 Å². The van der Waals surface area contributed by atoms with Gasteiger partial charge in [-0.05, 0) is 48.0 Å². The molecule has 0 radical (unpaired) electrons. The number of hydrogen-bond acceptors (Lipinski definition) is 4. The summed E-state index contributed by atoms with van der Waals surface area (Å²) >= 11 is 0. The van der Waals surface area contributed by atoms with Crippen molar-refractivity contribution in [3.05, 3.63) is 86.8 Å². The molecular formula is C23H20FN5O3. The molecule has 0 aliphatic carbocycles. The van der Waals surface area contributed by atoms with Crippen molar-refractivity contribution in [2.24, 2.45) is 21.1 Å². The first kappa shape index (κ1) is 21.0. The molecule has 162 valence electrons. The number of benzene rings is 2. The molecule has 0 aliphatic rings. The van der Waals surface area contributed by atoms with Gasteiger partial charge in [0, 0.05) is 38.5 Å². The van der Waals surface area contributed by atoms with Crippen LogP contribution in [0.5, 0.6) is 0 Å². The lowest BCUT2D eigenvalue weighted by molar-refractivity contribution is -0.111. The summed E-state index contributed by atoms with van der Waals surface area (Å²) in [6, 6.07) is 12.8. The summed E-state index contributed by atoms with van der Waals surface area (Å²) < 4.78 is 17.0. The highest BCUT2D eigenvalue weighted by Crippen LogP contribution is 2.23. The van der Waals surface area contributed by atoms with Crippen molar-refractivity contribution in [3.63, 3.8) is 0 Å². The molecule has 0 fully saturated rings. The van der Waals surface area contributed by atoms with E-state index in [0.717, 1.165) is 10.1 Å². The third-order valence-corrected chi connectivity index (χ3v) is 5.18. The molecule has 0 spiro atoms. The summed E-state index contributed by atoms with van der Waals surface area (Å²) in [4.78, 5) is 41.4. The minimum atomic E-state index is -0.445. The molecular weight excluding hydrogens is 413 g/mol. The molecule has 0 saturated heterocycles. The number of amides is 1.